The molecule has 0 spiro atoms. The highest BCUT2D eigenvalue weighted by molar-refractivity contribution is 6.06. The lowest BCUT2D eigenvalue weighted by molar-refractivity contribution is 0.0705. The van der Waals surface area contributed by atoms with E-state index in [0.29, 0.717) is 5.92 Å². The number of piperidine rings is 1. The van der Waals surface area contributed by atoms with E-state index in [-0.39, 0.29) is 5.91 Å². The lowest BCUT2D eigenvalue weighted by Gasteiger charge is -2.33. The number of likely N-dealkylation sites (tertiary alicyclic amines) is 1. The molecule has 27 heavy (non-hydrogen) atoms. The molecule has 1 fully saturated rings. The van der Waals surface area contributed by atoms with Gasteiger partial charge in [0, 0.05) is 49.0 Å². The van der Waals surface area contributed by atoms with Crippen LogP contribution in [0.1, 0.15) is 53.1 Å². The molecule has 1 aliphatic rings. The first-order valence-electron chi connectivity index (χ1n) is 9.75. The maximum atomic E-state index is 13.4. The van der Waals surface area contributed by atoms with Crippen LogP contribution in [0, 0.1) is 13.8 Å². The smallest absolute Gasteiger partial charge is 0.254 e. The molecule has 3 heterocycles. The van der Waals surface area contributed by atoms with E-state index in [1.165, 1.54) is 0 Å². The van der Waals surface area contributed by atoms with Gasteiger partial charge in [0.05, 0.1) is 11.1 Å². The number of nitrogens with zero attached hydrogens (tertiary/aromatic N) is 4. The number of carbonyl (C=O) groups excluding carboxylic acids is 1. The third-order valence-electron chi connectivity index (χ3n) is 5.48. The average molecular weight is 362 g/mol. The third kappa shape index (κ3) is 3.34. The highest BCUT2D eigenvalue weighted by atomic mass is 16.2. The Morgan fingerprint density at radius 1 is 1.26 bits per heavy atom. The van der Waals surface area contributed by atoms with Gasteiger partial charge < -0.3 is 9.47 Å². The minimum absolute atomic E-state index is 0.107. The van der Waals surface area contributed by atoms with Crippen LogP contribution in [0.3, 0.4) is 0 Å². The maximum Gasteiger partial charge on any atom is 0.254 e. The molecule has 1 aliphatic heterocycles. The van der Waals surface area contributed by atoms with E-state index in [9.17, 15) is 4.79 Å². The molecule has 1 atom stereocenters. The highest BCUT2D eigenvalue weighted by Gasteiger charge is 2.28. The van der Waals surface area contributed by atoms with Gasteiger partial charge in [-0.3, -0.25) is 9.78 Å². The molecule has 0 bridgehead atoms. The Morgan fingerprint density at radius 3 is 2.93 bits per heavy atom. The lowest BCUT2D eigenvalue weighted by atomic mass is 9.95. The fourth-order valence-corrected chi connectivity index (χ4v) is 4.14. The van der Waals surface area contributed by atoms with E-state index in [2.05, 4.69) is 34.4 Å². The Bertz CT molecular complexity index is 991. The van der Waals surface area contributed by atoms with Crippen LogP contribution < -0.4 is 0 Å². The van der Waals surface area contributed by atoms with Gasteiger partial charge in [-0.2, -0.15) is 0 Å². The fraction of sp³-hybridized carbons (Fsp3) is 0.409. The molecule has 1 saturated heterocycles. The zero-order valence-electron chi connectivity index (χ0n) is 16.3. The zero-order valence-corrected chi connectivity index (χ0v) is 16.3. The number of hydrogen-bond acceptors (Lipinski definition) is 3. The second kappa shape index (κ2) is 7.14. The summed E-state index contributed by atoms with van der Waals surface area (Å²) in [7, 11) is 0. The van der Waals surface area contributed by atoms with Gasteiger partial charge in [-0.1, -0.05) is 11.6 Å². The SMILES string of the molecule is CCn1ccnc1[C@@H]1CCCN(C(=O)c2cc(C)nc3ccc(C)cc23)C1. The minimum Gasteiger partial charge on any atom is -0.338 e. The molecule has 0 saturated carbocycles. The number of rotatable bonds is 3. The van der Waals surface area contributed by atoms with Crippen molar-refractivity contribution in [2.75, 3.05) is 13.1 Å². The predicted octanol–water partition coefficient (Wildman–Crippen LogP) is 4.09. The summed E-state index contributed by atoms with van der Waals surface area (Å²) < 4.78 is 2.19. The van der Waals surface area contributed by atoms with E-state index in [4.69, 9.17) is 0 Å². The monoisotopic (exact) mass is 362 g/mol. The molecule has 0 radical (unpaired) electrons. The van der Waals surface area contributed by atoms with Crippen molar-refractivity contribution in [2.24, 2.45) is 0 Å². The summed E-state index contributed by atoms with van der Waals surface area (Å²) in [4.78, 5) is 24.6. The van der Waals surface area contributed by atoms with Crippen molar-refractivity contribution in [1.29, 1.82) is 0 Å². The van der Waals surface area contributed by atoms with Crippen molar-refractivity contribution in [3.63, 3.8) is 0 Å². The van der Waals surface area contributed by atoms with Gasteiger partial charge >= 0.3 is 0 Å². The Hall–Kier alpha value is -2.69. The van der Waals surface area contributed by atoms with E-state index in [1.807, 2.05) is 42.4 Å². The quantitative estimate of drug-likeness (QED) is 0.705. The number of aromatic nitrogens is 3. The first-order valence-corrected chi connectivity index (χ1v) is 9.75. The van der Waals surface area contributed by atoms with Crippen molar-refractivity contribution in [3.05, 3.63) is 59.3 Å². The van der Waals surface area contributed by atoms with Crippen LogP contribution in [0.5, 0.6) is 0 Å². The number of amides is 1. The molecule has 1 amide bonds. The molecule has 5 nitrogen and oxygen atoms in total. The number of benzene rings is 1. The molecule has 0 N–H and O–H groups in total. The summed E-state index contributed by atoms with van der Waals surface area (Å²) >= 11 is 0. The van der Waals surface area contributed by atoms with Gasteiger partial charge in [0.25, 0.3) is 5.91 Å². The molecular formula is C22H26N4O. The van der Waals surface area contributed by atoms with Crippen LogP contribution in [0.25, 0.3) is 10.9 Å². The molecule has 140 valence electrons. The van der Waals surface area contributed by atoms with Gasteiger partial charge in [-0.05, 0) is 51.8 Å². The zero-order chi connectivity index (χ0) is 19.0. The summed E-state index contributed by atoms with van der Waals surface area (Å²) in [6.07, 6.45) is 5.98. The Kier molecular flexibility index (Phi) is 4.68. The normalized spacial score (nSPS) is 17.4. The van der Waals surface area contributed by atoms with E-state index in [1.54, 1.807) is 0 Å². The Labute approximate surface area is 160 Å². The molecular weight excluding hydrogens is 336 g/mol. The van der Waals surface area contributed by atoms with Gasteiger partial charge in [-0.25, -0.2) is 4.98 Å². The van der Waals surface area contributed by atoms with E-state index in [0.717, 1.165) is 66.0 Å². The number of aryl methyl sites for hydroxylation is 3. The average Bonchev–Trinajstić information content (AvgIpc) is 3.16. The first kappa shape index (κ1) is 17.7. The molecule has 0 unspecified atom stereocenters. The third-order valence-corrected chi connectivity index (χ3v) is 5.48. The number of hydrogen-bond donors (Lipinski definition) is 0. The maximum absolute atomic E-state index is 13.4. The van der Waals surface area contributed by atoms with Crippen LogP contribution in [0.4, 0.5) is 0 Å². The number of fused-ring (bicyclic) bond motifs is 1. The highest BCUT2D eigenvalue weighted by Crippen LogP contribution is 2.28. The van der Waals surface area contributed by atoms with Crippen LogP contribution in [-0.2, 0) is 6.54 Å². The summed E-state index contributed by atoms with van der Waals surface area (Å²) in [6.45, 7) is 8.57. The summed E-state index contributed by atoms with van der Waals surface area (Å²) in [6, 6.07) is 8.05. The second-order valence-corrected chi connectivity index (χ2v) is 7.49. The fourth-order valence-electron chi connectivity index (χ4n) is 4.14. The van der Waals surface area contributed by atoms with Gasteiger partial charge in [0.2, 0.25) is 0 Å². The first-order chi connectivity index (χ1) is 13.1. The van der Waals surface area contributed by atoms with Crippen molar-refractivity contribution in [3.8, 4) is 0 Å². The molecule has 2 aromatic heterocycles. The van der Waals surface area contributed by atoms with Crippen LogP contribution in [-0.4, -0.2) is 38.4 Å². The van der Waals surface area contributed by atoms with Crippen LogP contribution in [0.15, 0.2) is 36.7 Å². The largest absolute Gasteiger partial charge is 0.338 e. The lowest BCUT2D eigenvalue weighted by Crippen LogP contribution is -2.40. The van der Waals surface area contributed by atoms with Crippen molar-refractivity contribution >= 4 is 16.8 Å². The van der Waals surface area contributed by atoms with Crippen LogP contribution >= 0.6 is 0 Å². The van der Waals surface area contributed by atoms with Crippen molar-refractivity contribution in [2.45, 2.75) is 46.1 Å². The van der Waals surface area contributed by atoms with Gasteiger partial charge in [0.15, 0.2) is 0 Å². The molecule has 4 rings (SSSR count). The summed E-state index contributed by atoms with van der Waals surface area (Å²) in [5.74, 6) is 1.51. The summed E-state index contributed by atoms with van der Waals surface area (Å²) in [5, 5.41) is 0.947. The number of carbonyl (C=O) groups is 1. The molecule has 3 aromatic rings. The van der Waals surface area contributed by atoms with Gasteiger partial charge in [0.1, 0.15) is 5.82 Å². The van der Waals surface area contributed by atoms with Gasteiger partial charge in [-0.15, -0.1) is 0 Å². The molecule has 0 aliphatic carbocycles. The molecule has 5 heteroatoms. The molecule has 1 aromatic carbocycles. The van der Waals surface area contributed by atoms with Crippen molar-refractivity contribution < 1.29 is 4.79 Å². The van der Waals surface area contributed by atoms with Crippen molar-refractivity contribution in [1.82, 2.24) is 19.4 Å². The van der Waals surface area contributed by atoms with E-state index < -0.39 is 0 Å². The standard InChI is InChI=1S/C22H26N4O/c1-4-25-11-9-23-21(25)17-6-5-10-26(14-17)22(27)19-13-16(3)24-20-8-7-15(2)12-18(19)20/h7-9,11-13,17H,4-6,10,14H2,1-3H3/t17-/m1/s1. The number of pyridine rings is 1. The topological polar surface area (TPSA) is 51.0 Å². The second-order valence-electron chi connectivity index (χ2n) is 7.49. The number of imidazole rings is 1. The minimum atomic E-state index is 0.107. The Morgan fingerprint density at radius 2 is 2.11 bits per heavy atom. The van der Waals surface area contributed by atoms with Crippen LogP contribution in [0.2, 0.25) is 0 Å². The van der Waals surface area contributed by atoms with E-state index >= 15 is 0 Å². The summed E-state index contributed by atoms with van der Waals surface area (Å²) in [5.41, 5.74) is 3.67. The Balaban J connectivity index is 1.67. The predicted molar refractivity (Wildman–Crippen MR) is 107 cm³/mol.